The van der Waals surface area contributed by atoms with Gasteiger partial charge in [0.05, 0.1) is 37.8 Å². The van der Waals surface area contributed by atoms with Crippen molar-refractivity contribution < 1.29 is 24.4 Å². The Morgan fingerprint density at radius 2 is 1.36 bits per heavy atom. The average Bonchev–Trinajstić information content (AvgIpc) is 3.70. The van der Waals surface area contributed by atoms with Crippen LogP contribution in [0.3, 0.4) is 0 Å². The van der Waals surface area contributed by atoms with Crippen LogP contribution in [0.1, 0.15) is 64.7 Å². The van der Waals surface area contributed by atoms with Crippen LogP contribution in [0, 0.1) is 0 Å². The highest BCUT2D eigenvalue weighted by atomic mass is 16.5. The van der Waals surface area contributed by atoms with Crippen molar-refractivity contribution in [2.24, 2.45) is 11.5 Å². The number of carbonyl (C=O) groups excluding carboxylic acids is 2. The number of guanidine groups is 1. The number of aryl methyl sites for hydroxylation is 2. The van der Waals surface area contributed by atoms with Gasteiger partial charge in [-0.25, -0.2) is 34.7 Å². The molecule has 50 heavy (non-hydrogen) atoms. The first-order valence-corrected chi connectivity index (χ1v) is 17.0. The smallest absolute Gasteiger partial charge is 0.407 e. The number of unbranched alkanes of at least 4 members (excludes halogenated alkanes) is 5. The first kappa shape index (κ1) is 39.2. The highest BCUT2D eigenvalue weighted by molar-refractivity contribution is 5.83. The lowest BCUT2D eigenvalue weighted by atomic mass is 10.1. The summed E-state index contributed by atoms with van der Waals surface area (Å²) in [6.45, 7) is 4.50. The second-order valence-electron chi connectivity index (χ2n) is 12.2. The van der Waals surface area contributed by atoms with E-state index >= 15 is 0 Å². The summed E-state index contributed by atoms with van der Waals surface area (Å²) in [5, 5.41) is 13.5. The number of hydrogen-bond donors (Lipinski definition) is 4. The summed E-state index contributed by atoms with van der Waals surface area (Å²) in [4.78, 5) is 55.5. The SMILES string of the molecule is CCCCCCn1cnc2c(N(C)C)ncnc21.CN(C)c1ncnc2c1ncn2CCCCCOC(=O)NC(CCC[NH+]=C(N)N)C(=O)[O-]. The molecule has 0 aromatic carbocycles. The van der Waals surface area contributed by atoms with Crippen LogP contribution in [-0.2, 0) is 22.6 Å². The zero-order valence-corrected chi connectivity index (χ0v) is 29.8. The first-order valence-electron chi connectivity index (χ1n) is 17.0. The van der Waals surface area contributed by atoms with Gasteiger partial charge in [-0.3, -0.25) is 16.5 Å². The number of nitrogens with zero attached hydrogens (tertiary/aromatic N) is 10. The van der Waals surface area contributed by atoms with Gasteiger partial charge in [-0.05, 0) is 38.5 Å². The van der Waals surface area contributed by atoms with E-state index < -0.39 is 18.1 Å². The molecule has 0 saturated carbocycles. The molecular formula is C32H52N14O4. The van der Waals surface area contributed by atoms with Crippen LogP contribution in [0.25, 0.3) is 22.3 Å². The molecule has 0 spiro atoms. The molecule has 18 heteroatoms. The summed E-state index contributed by atoms with van der Waals surface area (Å²) >= 11 is 0. The molecular weight excluding hydrogens is 644 g/mol. The Hall–Kier alpha value is -5.29. The molecule has 1 unspecified atom stereocenters. The Morgan fingerprint density at radius 3 is 1.84 bits per heavy atom. The maximum atomic E-state index is 11.8. The van der Waals surface area contributed by atoms with Crippen LogP contribution in [0.15, 0.2) is 25.3 Å². The molecule has 1 atom stereocenters. The van der Waals surface area contributed by atoms with E-state index in [-0.39, 0.29) is 19.0 Å². The normalized spacial score (nSPS) is 11.5. The van der Waals surface area contributed by atoms with Crippen molar-refractivity contribution in [2.75, 3.05) is 51.1 Å². The number of alkyl carbamates (subject to hydrolysis) is 1. The summed E-state index contributed by atoms with van der Waals surface area (Å²) < 4.78 is 9.16. The van der Waals surface area contributed by atoms with Crippen LogP contribution < -0.4 is 36.7 Å². The molecule has 0 aliphatic carbocycles. The summed E-state index contributed by atoms with van der Waals surface area (Å²) in [7, 11) is 7.75. The summed E-state index contributed by atoms with van der Waals surface area (Å²) in [6.07, 6.45) is 13.9. The van der Waals surface area contributed by atoms with Crippen LogP contribution >= 0.6 is 0 Å². The quantitative estimate of drug-likeness (QED) is 0.0550. The minimum absolute atomic E-state index is 0.0511. The van der Waals surface area contributed by atoms with Gasteiger partial charge < -0.3 is 38.9 Å². The third-order valence-electron chi connectivity index (χ3n) is 7.72. The Morgan fingerprint density at radius 1 is 0.820 bits per heavy atom. The number of anilines is 2. The van der Waals surface area contributed by atoms with Gasteiger partial charge in [0.15, 0.2) is 34.0 Å². The van der Waals surface area contributed by atoms with Crippen LogP contribution in [0.2, 0.25) is 0 Å². The number of rotatable bonds is 19. The Bertz CT molecular complexity index is 1670. The zero-order valence-electron chi connectivity index (χ0n) is 29.8. The lowest BCUT2D eigenvalue weighted by Crippen LogP contribution is -2.78. The van der Waals surface area contributed by atoms with Gasteiger partial charge in [-0.1, -0.05) is 26.2 Å². The van der Waals surface area contributed by atoms with Crippen molar-refractivity contribution in [1.82, 2.24) is 44.4 Å². The Kier molecular flexibility index (Phi) is 15.9. The van der Waals surface area contributed by atoms with E-state index in [2.05, 4.69) is 51.7 Å². The van der Waals surface area contributed by atoms with Crippen molar-refractivity contribution in [3.63, 3.8) is 0 Å². The largest absolute Gasteiger partial charge is 0.548 e. The number of imidazole rings is 2. The number of fused-ring (bicyclic) bond motifs is 2. The molecule has 4 rings (SSSR count). The number of aliphatic carboxylic acids is 1. The highest BCUT2D eigenvalue weighted by Gasteiger charge is 2.15. The molecule has 18 nitrogen and oxygen atoms in total. The van der Waals surface area contributed by atoms with Crippen molar-refractivity contribution >= 4 is 52.0 Å². The van der Waals surface area contributed by atoms with E-state index in [9.17, 15) is 14.7 Å². The van der Waals surface area contributed by atoms with Gasteiger partial charge in [0.1, 0.15) is 12.7 Å². The van der Waals surface area contributed by atoms with Crippen LogP contribution in [-0.4, -0.2) is 104 Å². The van der Waals surface area contributed by atoms with E-state index in [1.165, 1.54) is 32.0 Å². The summed E-state index contributed by atoms with van der Waals surface area (Å²) in [5.41, 5.74) is 13.9. The Balaban J connectivity index is 0.000000316. The highest BCUT2D eigenvalue weighted by Crippen LogP contribution is 2.21. The molecule has 4 aromatic heterocycles. The van der Waals surface area contributed by atoms with Crippen molar-refractivity contribution in [3.8, 4) is 0 Å². The van der Waals surface area contributed by atoms with E-state index in [0.29, 0.717) is 19.4 Å². The summed E-state index contributed by atoms with van der Waals surface area (Å²) in [6, 6.07) is -1.15. The second kappa shape index (κ2) is 20.3. The second-order valence-corrected chi connectivity index (χ2v) is 12.2. The lowest BCUT2D eigenvalue weighted by molar-refractivity contribution is -0.459. The molecule has 0 aliphatic heterocycles. The van der Waals surface area contributed by atoms with Gasteiger partial charge in [-0.15, -0.1) is 0 Å². The van der Waals surface area contributed by atoms with E-state index in [0.717, 1.165) is 59.9 Å². The molecule has 0 bridgehead atoms. The van der Waals surface area contributed by atoms with Crippen molar-refractivity contribution in [1.29, 1.82) is 0 Å². The van der Waals surface area contributed by atoms with Crippen LogP contribution in [0.5, 0.6) is 0 Å². The lowest BCUT2D eigenvalue weighted by Gasteiger charge is -2.19. The molecule has 0 saturated heterocycles. The summed E-state index contributed by atoms with van der Waals surface area (Å²) in [5.74, 6) is 0.323. The monoisotopic (exact) mass is 696 g/mol. The fraction of sp³-hybridized carbons (Fsp3) is 0.594. The molecule has 0 fully saturated rings. The van der Waals surface area contributed by atoms with Gasteiger partial charge >= 0.3 is 12.1 Å². The van der Waals surface area contributed by atoms with Gasteiger partial charge in [0.2, 0.25) is 0 Å². The number of nitrogens with two attached hydrogens (primary N) is 2. The number of amides is 1. The van der Waals surface area contributed by atoms with Crippen molar-refractivity contribution in [3.05, 3.63) is 25.3 Å². The Labute approximate surface area is 292 Å². The number of nitrogens with one attached hydrogen (secondary N) is 2. The number of carboxylic acids is 1. The predicted molar refractivity (Wildman–Crippen MR) is 189 cm³/mol. The molecule has 274 valence electrons. The molecule has 1 amide bonds. The number of aromatic nitrogens is 8. The first-order chi connectivity index (χ1) is 24.0. The minimum atomic E-state index is -1.37. The zero-order chi connectivity index (χ0) is 36.5. The minimum Gasteiger partial charge on any atom is -0.548 e. The molecule has 0 aliphatic rings. The van der Waals surface area contributed by atoms with Crippen LogP contribution in [0.4, 0.5) is 16.4 Å². The third kappa shape index (κ3) is 12.0. The number of carbonyl (C=O) groups is 2. The van der Waals surface area contributed by atoms with Gasteiger partial charge in [0, 0.05) is 41.3 Å². The predicted octanol–water partition coefficient (Wildman–Crippen LogP) is -0.486. The standard InChI is InChI=1S/C19H31N9O4.C13H21N5/c1-27(2)15-14-16(24-11-23-15)28(12-25-14)9-4-3-5-10-32-19(31)26-13(17(29)30)7-6-8-22-18(20)21;1-4-5-6-7-8-18-10-16-11-12(17(2)3)14-9-15-13(11)18/h11-13H,3-10H2,1-2H3,(H,26,31)(H,29,30)(H4,20,21,22);9-10H,4-8H2,1-3H3. The molecule has 0 radical (unpaired) electrons. The fourth-order valence-electron chi connectivity index (χ4n) is 5.12. The molecule has 6 N–H and O–H groups in total. The molecule has 4 aromatic rings. The number of hydrogen-bond acceptors (Lipinski definition) is 12. The van der Waals surface area contributed by atoms with E-state index in [1.807, 2.05) is 48.9 Å². The van der Waals surface area contributed by atoms with Gasteiger partial charge in [-0.2, -0.15) is 0 Å². The van der Waals surface area contributed by atoms with E-state index in [4.69, 9.17) is 16.2 Å². The average molecular weight is 697 g/mol. The fourth-order valence-corrected chi connectivity index (χ4v) is 5.12. The van der Waals surface area contributed by atoms with Gasteiger partial charge in [0.25, 0.3) is 0 Å². The molecule has 4 heterocycles. The third-order valence-corrected chi connectivity index (χ3v) is 7.72. The number of carboxylic acid groups (broad SMARTS) is 1. The number of ether oxygens (including phenoxy) is 1. The topological polar surface area (TPSA) is 238 Å². The maximum Gasteiger partial charge on any atom is 0.407 e. The maximum absolute atomic E-state index is 11.8. The van der Waals surface area contributed by atoms with E-state index in [1.54, 1.807) is 12.7 Å². The van der Waals surface area contributed by atoms with Crippen molar-refractivity contribution in [2.45, 2.75) is 83.8 Å².